The van der Waals surface area contributed by atoms with Crippen molar-refractivity contribution in [3.05, 3.63) is 35.4 Å². The van der Waals surface area contributed by atoms with E-state index in [-0.39, 0.29) is 6.61 Å². The smallest absolute Gasteiger partial charge is 0.392 e. The van der Waals surface area contributed by atoms with Crippen molar-refractivity contribution in [1.29, 1.82) is 0 Å². The third-order valence-electron chi connectivity index (χ3n) is 2.02. The van der Waals surface area contributed by atoms with Crippen LogP contribution < -0.4 is 4.72 Å². The lowest BCUT2D eigenvalue weighted by molar-refractivity contribution is -0.121. The molecule has 0 unspecified atom stereocenters. The van der Waals surface area contributed by atoms with Crippen molar-refractivity contribution >= 4 is 10.0 Å². The largest absolute Gasteiger partial charge is 0.402 e. The van der Waals surface area contributed by atoms with Gasteiger partial charge < -0.3 is 5.11 Å². The molecule has 0 saturated carbocycles. The lowest BCUT2D eigenvalue weighted by Crippen LogP contribution is -2.34. The molecular formula is C10H12F3NO3S. The zero-order valence-corrected chi connectivity index (χ0v) is 10.1. The minimum absolute atomic E-state index is 0.260. The number of sulfonamides is 1. The summed E-state index contributed by atoms with van der Waals surface area (Å²) in [6.07, 6.45) is -4.58. The van der Waals surface area contributed by atoms with Crippen molar-refractivity contribution in [2.75, 3.05) is 6.54 Å². The minimum Gasteiger partial charge on any atom is -0.392 e. The normalized spacial score (nSPS) is 12.7. The molecule has 102 valence electrons. The van der Waals surface area contributed by atoms with E-state index in [1.54, 1.807) is 6.07 Å². The third kappa shape index (κ3) is 5.48. The molecule has 0 saturated heterocycles. The first-order valence-corrected chi connectivity index (χ1v) is 6.60. The van der Waals surface area contributed by atoms with Gasteiger partial charge in [-0.25, -0.2) is 13.1 Å². The Labute approximate surface area is 102 Å². The van der Waals surface area contributed by atoms with Gasteiger partial charge >= 0.3 is 6.18 Å². The molecular weight excluding hydrogens is 271 g/mol. The molecule has 4 nitrogen and oxygen atoms in total. The van der Waals surface area contributed by atoms with E-state index in [9.17, 15) is 21.6 Å². The van der Waals surface area contributed by atoms with E-state index in [0.717, 1.165) is 0 Å². The maximum absolute atomic E-state index is 11.9. The molecule has 0 aliphatic rings. The van der Waals surface area contributed by atoms with Gasteiger partial charge in [0.25, 0.3) is 0 Å². The van der Waals surface area contributed by atoms with Crippen LogP contribution in [0.1, 0.15) is 11.1 Å². The molecule has 2 N–H and O–H groups in total. The molecule has 0 bridgehead atoms. The van der Waals surface area contributed by atoms with Crippen LogP contribution in [0.3, 0.4) is 0 Å². The average Bonchev–Trinajstić information content (AvgIpc) is 2.25. The summed E-state index contributed by atoms with van der Waals surface area (Å²) in [6, 6.07) is 6.00. The van der Waals surface area contributed by atoms with Crippen molar-refractivity contribution in [3.8, 4) is 0 Å². The summed E-state index contributed by atoms with van der Waals surface area (Å²) >= 11 is 0. The summed E-state index contributed by atoms with van der Waals surface area (Å²) in [6.45, 7) is -1.85. The predicted octanol–water partition coefficient (Wildman–Crippen LogP) is 1.16. The highest BCUT2D eigenvalue weighted by atomic mass is 32.2. The number of hydrogen-bond acceptors (Lipinski definition) is 3. The number of aliphatic hydroxyl groups excluding tert-OH is 1. The van der Waals surface area contributed by atoms with Crippen molar-refractivity contribution in [2.24, 2.45) is 0 Å². The molecule has 0 aliphatic carbocycles. The van der Waals surface area contributed by atoms with Crippen LogP contribution in [0.4, 0.5) is 13.2 Å². The summed E-state index contributed by atoms with van der Waals surface area (Å²) in [5.74, 6) is -0.559. The molecule has 0 fully saturated rings. The maximum Gasteiger partial charge on any atom is 0.402 e. The van der Waals surface area contributed by atoms with Crippen LogP contribution in [0.5, 0.6) is 0 Å². The van der Waals surface area contributed by atoms with Gasteiger partial charge in [-0.15, -0.1) is 0 Å². The summed E-state index contributed by atoms with van der Waals surface area (Å²) in [7, 11) is -4.04. The van der Waals surface area contributed by atoms with Crippen LogP contribution in [0.15, 0.2) is 24.3 Å². The van der Waals surface area contributed by atoms with E-state index >= 15 is 0 Å². The van der Waals surface area contributed by atoms with Gasteiger partial charge in [0, 0.05) is 0 Å². The number of aliphatic hydroxyl groups is 1. The molecule has 0 aliphatic heterocycles. The highest BCUT2D eigenvalue weighted by Gasteiger charge is 2.29. The molecule has 1 aromatic rings. The van der Waals surface area contributed by atoms with Gasteiger partial charge in [-0.1, -0.05) is 24.3 Å². The van der Waals surface area contributed by atoms with Crippen LogP contribution in [-0.4, -0.2) is 26.2 Å². The fraction of sp³-hybridized carbons (Fsp3) is 0.400. The topological polar surface area (TPSA) is 66.4 Å². The fourth-order valence-corrected chi connectivity index (χ4v) is 2.38. The second-order valence-electron chi connectivity index (χ2n) is 3.67. The van der Waals surface area contributed by atoms with E-state index in [1.165, 1.54) is 22.9 Å². The van der Waals surface area contributed by atoms with Crippen LogP contribution in [-0.2, 0) is 22.4 Å². The number of benzene rings is 1. The molecule has 1 aromatic carbocycles. The number of alkyl halides is 3. The summed E-state index contributed by atoms with van der Waals surface area (Å²) in [5, 5.41) is 8.86. The monoisotopic (exact) mass is 283 g/mol. The molecule has 0 heterocycles. The maximum atomic E-state index is 11.9. The second-order valence-corrected chi connectivity index (χ2v) is 5.48. The highest BCUT2D eigenvalue weighted by molar-refractivity contribution is 7.88. The van der Waals surface area contributed by atoms with Gasteiger partial charge in [0.15, 0.2) is 0 Å². The Balaban J connectivity index is 2.70. The first-order valence-electron chi connectivity index (χ1n) is 4.94. The van der Waals surface area contributed by atoms with Crippen LogP contribution in [0.25, 0.3) is 0 Å². The summed E-state index contributed by atoms with van der Waals surface area (Å²) in [4.78, 5) is 0. The SMILES string of the molecule is O=S(=O)(Cc1cccc(CO)c1)NCC(F)(F)F. The molecule has 0 amide bonds. The van der Waals surface area contributed by atoms with Crippen molar-refractivity contribution in [2.45, 2.75) is 18.5 Å². The Morgan fingerprint density at radius 3 is 2.39 bits per heavy atom. The van der Waals surface area contributed by atoms with Gasteiger partial charge in [0.2, 0.25) is 10.0 Å². The van der Waals surface area contributed by atoms with Gasteiger partial charge in [0.1, 0.15) is 6.54 Å². The second kappa shape index (κ2) is 5.68. The molecule has 1 rings (SSSR count). The van der Waals surface area contributed by atoms with Gasteiger partial charge in [-0.3, -0.25) is 0 Å². The number of hydrogen-bond donors (Lipinski definition) is 2. The van der Waals surface area contributed by atoms with Gasteiger partial charge in [-0.05, 0) is 11.1 Å². The Bertz CT molecular complexity index is 499. The molecule has 0 aromatic heterocycles. The highest BCUT2D eigenvalue weighted by Crippen LogP contribution is 2.14. The Kier molecular flexibility index (Phi) is 4.71. The summed E-state index contributed by atoms with van der Waals surface area (Å²) < 4.78 is 59.9. The quantitative estimate of drug-likeness (QED) is 0.852. The molecule has 0 radical (unpaired) electrons. The lowest BCUT2D eigenvalue weighted by Gasteiger charge is -2.09. The van der Waals surface area contributed by atoms with Crippen LogP contribution in [0.2, 0.25) is 0 Å². The first kappa shape index (κ1) is 14.9. The van der Waals surface area contributed by atoms with Crippen molar-refractivity contribution in [3.63, 3.8) is 0 Å². The molecule has 0 atom stereocenters. The molecule has 0 spiro atoms. The number of halogens is 3. The predicted molar refractivity (Wildman–Crippen MR) is 59.0 cm³/mol. The van der Waals surface area contributed by atoms with Crippen LogP contribution in [0, 0.1) is 0 Å². The van der Waals surface area contributed by atoms with Gasteiger partial charge in [-0.2, -0.15) is 13.2 Å². The number of nitrogens with one attached hydrogen (secondary N) is 1. The standard InChI is InChI=1S/C10H12F3NO3S/c11-10(12,13)7-14-18(16,17)6-9-3-1-2-8(4-9)5-15/h1-4,14-15H,5-7H2. The van der Waals surface area contributed by atoms with E-state index in [0.29, 0.717) is 11.1 Å². The number of rotatable bonds is 5. The zero-order valence-electron chi connectivity index (χ0n) is 9.24. The summed E-state index contributed by atoms with van der Waals surface area (Å²) in [5.41, 5.74) is 0.815. The Morgan fingerprint density at radius 2 is 1.83 bits per heavy atom. The first-order chi connectivity index (χ1) is 8.22. The Hall–Kier alpha value is -1.12. The Morgan fingerprint density at radius 1 is 1.22 bits per heavy atom. The molecule has 8 heteroatoms. The van der Waals surface area contributed by atoms with E-state index in [4.69, 9.17) is 5.11 Å². The minimum atomic E-state index is -4.58. The van der Waals surface area contributed by atoms with Crippen molar-refractivity contribution < 1.29 is 26.7 Å². The van der Waals surface area contributed by atoms with E-state index in [1.807, 2.05) is 0 Å². The third-order valence-corrected chi connectivity index (χ3v) is 3.32. The fourth-order valence-electron chi connectivity index (χ4n) is 1.28. The molecule has 18 heavy (non-hydrogen) atoms. The zero-order chi connectivity index (χ0) is 13.8. The van der Waals surface area contributed by atoms with Crippen LogP contribution >= 0.6 is 0 Å². The van der Waals surface area contributed by atoms with Crippen molar-refractivity contribution in [1.82, 2.24) is 4.72 Å². The van der Waals surface area contributed by atoms with E-state index < -0.39 is 28.5 Å². The lowest BCUT2D eigenvalue weighted by atomic mass is 10.1. The van der Waals surface area contributed by atoms with E-state index in [2.05, 4.69) is 0 Å². The van der Waals surface area contributed by atoms with Gasteiger partial charge in [0.05, 0.1) is 12.4 Å². The average molecular weight is 283 g/mol.